The van der Waals surface area contributed by atoms with Gasteiger partial charge in [0.1, 0.15) is 5.57 Å². The third kappa shape index (κ3) is 4.18. The van der Waals surface area contributed by atoms with Crippen molar-refractivity contribution in [1.82, 2.24) is 0 Å². The minimum absolute atomic E-state index is 0.105. The highest BCUT2D eigenvalue weighted by atomic mass is 79.9. The third-order valence-corrected chi connectivity index (χ3v) is 2.51. The second-order valence-electron chi connectivity index (χ2n) is 3.33. The number of carbonyl (C=O) groups excluding carboxylic acids is 1. The van der Waals surface area contributed by atoms with E-state index in [4.69, 9.17) is 0 Å². The summed E-state index contributed by atoms with van der Waals surface area (Å²) in [6.45, 7) is 1.35. The van der Waals surface area contributed by atoms with Gasteiger partial charge in [-0.2, -0.15) is 13.2 Å². The van der Waals surface area contributed by atoms with Crippen LogP contribution >= 0.6 is 15.9 Å². The van der Waals surface area contributed by atoms with Crippen LogP contribution < -0.4 is 0 Å². The molecule has 6 heteroatoms. The topological polar surface area (TPSA) is 26.3 Å². The van der Waals surface area contributed by atoms with Crippen molar-refractivity contribution in [1.29, 1.82) is 0 Å². The number of carbonyl (C=O) groups is 1. The van der Waals surface area contributed by atoms with Crippen LogP contribution in [0.2, 0.25) is 0 Å². The van der Waals surface area contributed by atoms with E-state index >= 15 is 0 Å². The van der Waals surface area contributed by atoms with Gasteiger partial charge in [-0.05, 0) is 30.7 Å². The van der Waals surface area contributed by atoms with Crippen molar-refractivity contribution >= 4 is 28.0 Å². The first-order valence-electron chi connectivity index (χ1n) is 5.06. The van der Waals surface area contributed by atoms with Gasteiger partial charge in [0.25, 0.3) is 0 Å². The first-order chi connectivity index (χ1) is 8.34. The van der Waals surface area contributed by atoms with Gasteiger partial charge in [0, 0.05) is 4.47 Å². The molecule has 2 nitrogen and oxygen atoms in total. The van der Waals surface area contributed by atoms with Crippen molar-refractivity contribution in [3.8, 4) is 0 Å². The van der Waals surface area contributed by atoms with Gasteiger partial charge in [-0.25, -0.2) is 4.79 Å². The number of rotatable bonds is 3. The Morgan fingerprint density at radius 1 is 1.33 bits per heavy atom. The molecule has 18 heavy (non-hydrogen) atoms. The summed E-state index contributed by atoms with van der Waals surface area (Å²) >= 11 is 3.17. The summed E-state index contributed by atoms with van der Waals surface area (Å²) in [6.07, 6.45) is -3.97. The molecule has 0 spiro atoms. The van der Waals surface area contributed by atoms with Gasteiger partial charge in [0.05, 0.1) is 6.61 Å². The molecule has 0 heterocycles. The average molecular weight is 323 g/mol. The summed E-state index contributed by atoms with van der Waals surface area (Å²) in [5.74, 6) is -1.37. The van der Waals surface area contributed by atoms with E-state index in [0.29, 0.717) is 0 Å². The van der Waals surface area contributed by atoms with Crippen LogP contribution in [-0.4, -0.2) is 18.8 Å². The number of hydrogen-bond donors (Lipinski definition) is 0. The smallest absolute Gasteiger partial charge is 0.423 e. The SMILES string of the molecule is CCOC(=O)C(=Cc1ccc(Br)cc1)C(F)(F)F. The quantitative estimate of drug-likeness (QED) is 0.622. The Kier molecular flexibility index (Phi) is 4.95. The fraction of sp³-hybridized carbons (Fsp3) is 0.250. The number of halogens is 4. The molecular weight excluding hydrogens is 313 g/mol. The van der Waals surface area contributed by atoms with Crippen molar-refractivity contribution in [2.45, 2.75) is 13.1 Å². The number of esters is 1. The lowest BCUT2D eigenvalue weighted by Gasteiger charge is -2.10. The van der Waals surface area contributed by atoms with Crippen LogP contribution in [0.1, 0.15) is 12.5 Å². The standard InChI is InChI=1S/C12H10BrF3O2/c1-2-18-11(17)10(12(14,15)16)7-8-3-5-9(13)6-4-8/h3-7H,2H2,1H3. The zero-order valence-electron chi connectivity index (χ0n) is 9.42. The molecule has 98 valence electrons. The molecule has 0 saturated heterocycles. The first-order valence-corrected chi connectivity index (χ1v) is 5.85. The molecule has 1 rings (SSSR count). The third-order valence-electron chi connectivity index (χ3n) is 1.98. The maximum atomic E-state index is 12.7. The summed E-state index contributed by atoms with van der Waals surface area (Å²) in [7, 11) is 0. The van der Waals surface area contributed by atoms with Crippen molar-refractivity contribution in [3.05, 3.63) is 39.9 Å². The van der Waals surface area contributed by atoms with Crippen LogP contribution in [-0.2, 0) is 9.53 Å². The molecular formula is C12H10BrF3O2. The molecule has 0 unspecified atom stereocenters. The van der Waals surface area contributed by atoms with Crippen molar-refractivity contribution < 1.29 is 22.7 Å². The van der Waals surface area contributed by atoms with Crippen LogP contribution in [0.15, 0.2) is 34.3 Å². The molecule has 0 saturated carbocycles. The monoisotopic (exact) mass is 322 g/mol. The Bertz CT molecular complexity index is 449. The minimum atomic E-state index is -4.74. The van der Waals surface area contributed by atoms with Crippen molar-refractivity contribution in [3.63, 3.8) is 0 Å². The first kappa shape index (κ1) is 14.8. The second kappa shape index (κ2) is 6.04. The molecule has 1 aromatic rings. The molecule has 0 amide bonds. The van der Waals surface area contributed by atoms with Crippen molar-refractivity contribution in [2.24, 2.45) is 0 Å². The molecule has 0 atom stereocenters. The van der Waals surface area contributed by atoms with E-state index in [1.807, 2.05) is 0 Å². The number of ether oxygens (including phenoxy) is 1. The van der Waals surface area contributed by atoms with E-state index in [9.17, 15) is 18.0 Å². The molecule has 0 aromatic heterocycles. The fourth-order valence-electron chi connectivity index (χ4n) is 1.19. The van der Waals surface area contributed by atoms with E-state index in [1.54, 1.807) is 12.1 Å². The second-order valence-corrected chi connectivity index (χ2v) is 4.24. The van der Waals surface area contributed by atoms with E-state index in [0.717, 1.165) is 10.5 Å². The van der Waals surface area contributed by atoms with Crippen LogP contribution in [0, 0.1) is 0 Å². The van der Waals surface area contributed by atoms with E-state index in [-0.39, 0.29) is 12.2 Å². The van der Waals surface area contributed by atoms with Crippen LogP contribution in [0.5, 0.6) is 0 Å². The van der Waals surface area contributed by atoms with E-state index in [2.05, 4.69) is 20.7 Å². The summed E-state index contributed by atoms with van der Waals surface area (Å²) in [5, 5.41) is 0. The predicted octanol–water partition coefficient (Wildman–Crippen LogP) is 3.96. The van der Waals surface area contributed by atoms with Crippen molar-refractivity contribution in [2.75, 3.05) is 6.61 Å². The normalized spacial score (nSPS) is 12.4. The van der Waals surface area contributed by atoms with Gasteiger partial charge < -0.3 is 4.74 Å². The molecule has 0 N–H and O–H groups in total. The number of alkyl halides is 3. The number of hydrogen-bond acceptors (Lipinski definition) is 2. The molecule has 0 aliphatic heterocycles. The molecule has 0 aliphatic carbocycles. The Morgan fingerprint density at radius 2 is 1.89 bits per heavy atom. The number of benzene rings is 1. The van der Waals surface area contributed by atoms with Gasteiger partial charge in [0.2, 0.25) is 0 Å². The molecule has 0 aliphatic rings. The summed E-state index contributed by atoms with van der Waals surface area (Å²) in [6, 6.07) is 6.11. The Labute approximate surface area is 111 Å². The Hall–Kier alpha value is -1.30. The summed E-state index contributed by atoms with van der Waals surface area (Å²) in [4.78, 5) is 11.2. The molecule has 0 bridgehead atoms. The van der Waals surface area contributed by atoms with Gasteiger partial charge in [-0.1, -0.05) is 28.1 Å². The Morgan fingerprint density at radius 3 is 2.33 bits per heavy atom. The van der Waals surface area contributed by atoms with Gasteiger partial charge in [-0.15, -0.1) is 0 Å². The molecule has 0 fully saturated rings. The molecule has 0 radical (unpaired) electrons. The maximum Gasteiger partial charge on any atom is 0.423 e. The summed E-state index contributed by atoms with van der Waals surface area (Å²) < 4.78 is 43.2. The van der Waals surface area contributed by atoms with Crippen LogP contribution in [0.4, 0.5) is 13.2 Å². The Balaban J connectivity index is 3.10. The van der Waals surface area contributed by atoms with E-state index in [1.165, 1.54) is 19.1 Å². The zero-order chi connectivity index (χ0) is 13.8. The average Bonchev–Trinajstić information content (AvgIpc) is 2.26. The predicted molar refractivity (Wildman–Crippen MR) is 64.8 cm³/mol. The fourth-order valence-corrected chi connectivity index (χ4v) is 1.46. The largest absolute Gasteiger partial charge is 0.462 e. The summed E-state index contributed by atoms with van der Waals surface area (Å²) in [5.41, 5.74) is -1.04. The molecule has 1 aromatic carbocycles. The minimum Gasteiger partial charge on any atom is -0.462 e. The maximum absolute atomic E-state index is 12.7. The highest BCUT2D eigenvalue weighted by Crippen LogP contribution is 2.28. The highest BCUT2D eigenvalue weighted by Gasteiger charge is 2.39. The van der Waals surface area contributed by atoms with Gasteiger partial charge in [-0.3, -0.25) is 0 Å². The van der Waals surface area contributed by atoms with Gasteiger partial charge in [0.15, 0.2) is 0 Å². The lowest BCUT2D eigenvalue weighted by atomic mass is 10.1. The zero-order valence-corrected chi connectivity index (χ0v) is 11.0. The lowest BCUT2D eigenvalue weighted by molar-refractivity contribution is -0.149. The van der Waals surface area contributed by atoms with Crippen LogP contribution in [0.25, 0.3) is 6.08 Å². The highest BCUT2D eigenvalue weighted by molar-refractivity contribution is 9.10. The van der Waals surface area contributed by atoms with Gasteiger partial charge >= 0.3 is 12.1 Å². The van der Waals surface area contributed by atoms with E-state index < -0.39 is 17.7 Å². The lowest BCUT2D eigenvalue weighted by Crippen LogP contribution is -2.22. The van der Waals surface area contributed by atoms with Crippen LogP contribution in [0.3, 0.4) is 0 Å².